The molecule has 0 heterocycles. The molecule has 0 atom stereocenters. The highest BCUT2D eigenvalue weighted by molar-refractivity contribution is 7.99. The van der Waals surface area contributed by atoms with E-state index in [4.69, 9.17) is 16.7 Å². The summed E-state index contributed by atoms with van der Waals surface area (Å²) in [6.45, 7) is 0. The summed E-state index contributed by atoms with van der Waals surface area (Å²) in [4.78, 5) is 11.9. The van der Waals surface area contributed by atoms with Crippen LogP contribution < -0.4 is 0 Å². The molecule has 0 unspecified atom stereocenters. The van der Waals surface area contributed by atoms with Crippen molar-refractivity contribution in [1.82, 2.24) is 0 Å². The van der Waals surface area contributed by atoms with Crippen LogP contribution in [0.15, 0.2) is 48.5 Å². The number of rotatable bonds is 5. The molecule has 98 valence electrons. The van der Waals surface area contributed by atoms with Crippen LogP contribution in [0.25, 0.3) is 0 Å². The Labute approximate surface area is 121 Å². The zero-order valence-corrected chi connectivity index (χ0v) is 11.7. The van der Waals surface area contributed by atoms with Gasteiger partial charge in [0.15, 0.2) is 5.78 Å². The molecule has 4 heteroatoms. The smallest absolute Gasteiger partial charge is 0.172 e. The van der Waals surface area contributed by atoms with Gasteiger partial charge in [-0.15, -0.1) is 11.8 Å². The van der Waals surface area contributed by atoms with Crippen molar-refractivity contribution in [1.29, 1.82) is 0 Å². The molecule has 2 nitrogen and oxygen atoms in total. The number of phenols is 1. The fraction of sp³-hybridized carbons (Fsp3) is 0.133. The molecule has 0 spiro atoms. The van der Waals surface area contributed by atoms with Gasteiger partial charge in [0.2, 0.25) is 0 Å². The molecule has 1 N–H and O–H groups in total. The van der Waals surface area contributed by atoms with Crippen molar-refractivity contribution in [3.05, 3.63) is 64.7 Å². The first-order chi connectivity index (χ1) is 9.15. The minimum Gasteiger partial charge on any atom is -0.508 e. The van der Waals surface area contributed by atoms with Gasteiger partial charge in [-0.05, 0) is 42.0 Å². The van der Waals surface area contributed by atoms with Crippen LogP contribution in [0.1, 0.15) is 15.9 Å². The first-order valence-electron chi connectivity index (χ1n) is 5.79. The molecule has 0 fully saturated rings. The number of thioether (sulfide) groups is 1. The lowest BCUT2D eigenvalue weighted by atomic mass is 10.1. The molecular formula is C15H13ClO2S. The number of Topliss-reactive ketones (excluding diaryl/α,β-unsaturated/α-hetero) is 1. The van der Waals surface area contributed by atoms with Crippen LogP contribution in [0.3, 0.4) is 0 Å². The van der Waals surface area contributed by atoms with Gasteiger partial charge in [0.1, 0.15) is 5.75 Å². The first kappa shape index (κ1) is 14.0. The predicted molar refractivity (Wildman–Crippen MR) is 80.1 cm³/mol. The average Bonchev–Trinajstić information content (AvgIpc) is 2.41. The molecule has 0 radical (unpaired) electrons. The van der Waals surface area contributed by atoms with Crippen molar-refractivity contribution >= 4 is 29.1 Å². The van der Waals surface area contributed by atoms with Gasteiger partial charge in [-0.2, -0.15) is 0 Å². The zero-order valence-electron chi connectivity index (χ0n) is 10.2. The quantitative estimate of drug-likeness (QED) is 0.841. The van der Waals surface area contributed by atoms with Gasteiger partial charge < -0.3 is 5.11 Å². The van der Waals surface area contributed by atoms with Gasteiger partial charge in [0.25, 0.3) is 0 Å². The molecule has 0 bridgehead atoms. The highest BCUT2D eigenvalue weighted by Gasteiger charge is 2.06. The van der Waals surface area contributed by atoms with Crippen molar-refractivity contribution < 1.29 is 9.90 Å². The van der Waals surface area contributed by atoms with Gasteiger partial charge in [-0.3, -0.25) is 4.79 Å². The van der Waals surface area contributed by atoms with Crippen LogP contribution in [0, 0.1) is 0 Å². The minimum atomic E-state index is 0.0685. The largest absolute Gasteiger partial charge is 0.508 e. The van der Waals surface area contributed by atoms with E-state index in [1.807, 2.05) is 24.3 Å². The summed E-state index contributed by atoms with van der Waals surface area (Å²) >= 11 is 7.37. The van der Waals surface area contributed by atoms with Crippen LogP contribution in [-0.2, 0) is 5.75 Å². The molecule has 0 aromatic heterocycles. The number of carbonyl (C=O) groups is 1. The number of benzene rings is 2. The van der Waals surface area contributed by atoms with Crippen LogP contribution in [-0.4, -0.2) is 16.6 Å². The highest BCUT2D eigenvalue weighted by Crippen LogP contribution is 2.17. The Morgan fingerprint density at radius 2 is 1.68 bits per heavy atom. The monoisotopic (exact) mass is 292 g/mol. The molecular weight excluding hydrogens is 280 g/mol. The van der Waals surface area contributed by atoms with E-state index in [-0.39, 0.29) is 11.5 Å². The maximum Gasteiger partial charge on any atom is 0.172 e. The second-order valence-corrected chi connectivity index (χ2v) is 5.51. The number of ketones is 1. The van der Waals surface area contributed by atoms with E-state index in [0.29, 0.717) is 16.3 Å². The summed E-state index contributed by atoms with van der Waals surface area (Å²) in [7, 11) is 0. The summed E-state index contributed by atoms with van der Waals surface area (Å²) in [5.74, 6) is 1.44. The number of hydrogen-bond donors (Lipinski definition) is 1. The SMILES string of the molecule is O=C(CSCc1ccc(Cl)cc1)c1ccc(O)cc1. The number of hydrogen-bond acceptors (Lipinski definition) is 3. The Bertz CT molecular complexity index is 549. The molecule has 0 aliphatic rings. The fourth-order valence-corrected chi connectivity index (χ4v) is 2.58. The molecule has 19 heavy (non-hydrogen) atoms. The van der Waals surface area contributed by atoms with E-state index >= 15 is 0 Å². The van der Waals surface area contributed by atoms with E-state index in [2.05, 4.69) is 0 Å². The third kappa shape index (κ3) is 4.30. The maximum absolute atomic E-state index is 11.9. The molecule has 0 aliphatic heterocycles. The Balaban J connectivity index is 1.84. The summed E-state index contributed by atoms with van der Waals surface area (Å²) in [5, 5.41) is 9.87. The summed E-state index contributed by atoms with van der Waals surface area (Å²) in [5.41, 5.74) is 1.77. The minimum absolute atomic E-state index is 0.0685. The highest BCUT2D eigenvalue weighted by atomic mass is 35.5. The average molecular weight is 293 g/mol. The molecule has 2 aromatic rings. The first-order valence-corrected chi connectivity index (χ1v) is 7.33. The lowest BCUT2D eigenvalue weighted by molar-refractivity contribution is 0.102. The van der Waals surface area contributed by atoms with Gasteiger partial charge >= 0.3 is 0 Å². The second kappa shape index (κ2) is 6.64. The molecule has 2 aromatic carbocycles. The molecule has 0 amide bonds. The Morgan fingerprint density at radius 1 is 1.05 bits per heavy atom. The maximum atomic E-state index is 11.9. The molecule has 0 saturated heterocycles. The summed E-state index contributed by atoms with van der Waals surface area (Å²) in [6.07, 6.45) is 0. The topological polar surface area (TPSA) is 37.3 Å². The van der Waals surface area contributed by atoms with Crippen LogP contribution in [0.2, 0.25) is 5.02 Å². The number of aromatic hydroxyl groups is 1. The Morgan fingerprint density at radius 3 is 2.32 bits per heavy atom. The van der Waals surface area contributed by atoms with Crippen molar-refractivity contribution in [3.63, 3.8) is 0 Å². The van der Waals surface area contributed by atoms with Crippen molar-refractivity contribution in [2.45, 2.75) is 5.75 Å². The van der Waals surface area contributed by atoms with Crippen LogP contribution in [0.5, 0.6) is 5.75 Å². The van der Waals surface area contributed by atoms with Gasteiger partial charge in [-0.1, -0.05) is 23.7 Å². The predicted octanol–water partition coefficient (Wildman–Crippen LogP) is 4.16. The Kier molecular flexibility index (Phi) is 4.88. The van der Waals surface area contributed by atoms with Crippen molar-refractivity contribution in [3.8, 4) is 5.75 Å². The van der Waals surface area contributed by atoms with Gasteiger partial charge in [0.05, 0.1) is 5.75 Å². The van der Waals surface area contributed by atoms with Crippen LogP contribution >= 0.6 is 23.4 Å². The lowest BCUT2D eigenvalue weighted by Crippen LogP contribution is -2.02. The van der Waals surface area contributed by atoms with Crippen molar-refractivity contribution in [2.75, 3.05) is 5.75 Å². The second-order valence-electron chi connectivity index (χ2n) is 4.09. The molecule has 0 aliphatic carbocycles. The summed E-state index contributed by atoms with van der Waals surface area (Å²) in [6, 6.07) is 13.9. The third-order valence-corrected chi connectivity index (χ3v) is 3.86. The molecule has 0 saturated carbocycles. The molecule has 2 rings (SSSR count). The van der Waals surface area contributed by atoms with Crippen molar-refractivity contribution in [2.24, 2.45) is 0 Å². The number of carbonyl (C=O) groups excluding carboxylic acids is 1. The fourth-order valence-electron chi connectivity index (χ4n) is 1.57. The van der Waals surface area contributed by atoms with Gasteiger partial charge in [0, 0.05) is 16.3 Å². The van der Waals surface area contributed by atoms with E-state index in [1.165, 1.54) is 12.1 Å². The summed E-state index contributed by atoms with van der Waals surface area (Å²) < 4.78 is 0. The third-order valence-electron chi connectivity index (χ3n) is 2.60. The number of phenolic OH excluding ortho intramolecular Hbond substituents is 1. The van der Waals surface area contributed by atoms with E-state index in [0.717, 1.165) is 11.3 Å². The van der Waals surface area contributed by atoms with E-state index in [9.17, 15) is 4.79 Å². The van der Waals surface area contributed by atoms with Gasteiger partial charge in [-0.25, -0.2) is 0 Å². The van der Waals surface area contributed by atoms with Crippen LogP contribution in [0.4, 0.5) is 0 Å². The van der Waals surface area contributed by atoms with E-state index < -0.39 is 0 Å². The van der Waals surface area contributed by atoms with E-state index in [1.54, 1.807) is 23.9 Å². The number of halogens is 1. The normalized spacial score (nSPS) is 10.4. The standard InChI is InChI=1S/C15H13ClO2S/c16-13-5-1-11(2-6-13)9-19-10-15(18)12-3-7-14(17)8-4-12/h1-8,17H,9-10H2. The zero-order chi connectivity index (χ0) is 13.7. The Hall–Kier alpha value is -1.45. The lowest BCUT2D eigenvalue weighted by Gasteiger charge is -2.03.